The van der Waals surface area contributed by atoms with E-state index in [1.54, 1.807) is 40.2 Å². The Balaban J connectivity index is 0.000000496. The number of esters is 1. The van der Waals surface area contributed by atoms with Crippen LogP contribution in [0.5, 0.6) is 0 Å². The molecule has 27 nitrogen and oxygen atoms in total. The second-order valence-corrected chi connectivity index (χ2v) is 56.0. The number of aromatic nitrogens is 4. The van der Waals surface area contributed by atoms with Crippen molar-refractivity contribution >= 4 is 93.5 Å². The smallest absolute Gasteiger partial charge is 0.330 e. The number of urea groups is 1. The third-order valence-corrected chi connectivity index (χ3v) is 43.9. The van der Waals surface area contributed by atoms with E-state index in [1.807, 2.05) is 99.6 Å². The zero-order valence-corrected chi connectivity index (χ0v) is 93.9. The zero-order chi connectivity index (χ0) is 101. The van der Waals surface area contributed by atoms with Gasteiger partial charge >= 0.3 is 29.3 Å². The number of nitrogens with one attached hydrogen (secondary N) is 6. The van der Waals surface area contributed by atoms with Gasteiger partial charge in [-0.1, -0.05) is 251 Å². The van der Waals surface area contributed by atoms with Crippen LogP contribution >= 0.6 is 35.3 Å². The number of unbranched alkanes of at least 4 members (excludes halogenated alkanes) is 3. The Morgan fingerprint density at radius 1 is 0.457 bits per heavy atom. The molecule has 6 amide bonds. The molecule has 2 aliphatic carbocycles. The number of rotatable bonds is 50. The number of halogens is 3. The van der Waals surface area contributed by atoms with E-state index in [0.29, 0.717) is 113 Å². The summed E-state index contributed by atoms with van der Waals surface area (Å²) in [6, 6.07) is 32.7. The fraction of sp³-hybridized carbons (Fsp3) is 0.686. The molecule has 3 aromatic carbocycles. The topological polar surface area (TPSA) is 367 Å². The van der Waals surface area contributed by atoms with Crippen LogP contribution in [0, 0.1) is 0 Å². The van der Waals surface area contributed by atoms with Crippen LogP contribution in [-0.2, 0) is 51.8 Å². The summed E-state index contributed by atoms with van der Waals surface area (Å²) in [6.07, 6.45) is 20.4. The van der Waals surface area contributed by atoms with E-state index in [0.717, 1.165) is 105 Å². The lowest BCUT2D eigenvalue weighted by molar-refractivity contribution is -0.155. The van der Waals surface area contributed by atoms with E-state index in [-0.39, 0.29) is 124 Å². The van der Waals surface area contributed by atoms with Gasteiger partial charge in [0.15, 0.2) is 18.6 Å². The SMILES string of the molecule is CCCCNC(=O)CCC(C)(CCC(=O)N(C(=O)NC1CCCCC1)C1CCCCC1)Sc1ccccc1.CCCCNC(=O)CCC(C)(CCC(=O)O)Sc1ccccc1.CCCCNC(=O)CCC(C)(CCC(=O)OC1[C@@H](CC)O[C@@H](n2ccc(=O)[nH]c2=O)[C@H]1O[Si](C(C)C)(C(C)C)C(C)C)Sc1ccccc1.CC[C@H]1O[C@@H](n2ccc(=O)[nH]c2=O)[C@@H](O[Si](C(C)C)(C(C)C)C(C)C)C1O.[Cl-].[Cl-].[Cl-]. The Morgan fingerprint density at radius 3 is 1.14 bits per heavy atom. The van der Waals surface area contributed by atoms with Crippen molar-refractivity contribution in [3.8, 4) is 0 Å². The Kier molecular flexibility index (Phi) is 58.8. The molecule has 792 valence electrons. The van der Waals surface area contributed by atoms with Crippen LogP contribution in [0.15, 0.2) is 149 Å². The van der Waals surface area contributed by atoms with Crippen molar-refractivity contribution in [2.45, 2.75) is 454 Å². The van der Waals surface area contributed by atoms with Crippen molar-refractivity contribution in [3.63, 3.8) is 0 Å². The van der Waals surface area contributed by atoms with Gasteiger partial charge in [0.1, 0.15) is 18.3 Å². The largest absolute Gasteiger partial charge is 1.00 e. The normalized spacial score (nSPS) is 19.6. The Labute approximate surface area is 868 Å². The molecule has 4 heterocycles. The van der Waals surface area contributed by atoms with Gasteiger partial charge in [-0.2, -0.15) is 0 Å². The Morgan fingerprint density at radius 2 is 0.793 bits per heavy atom. The van der Waals surface area contributed by atoms with Crippen molar-refractivity contribution < 1.29 is 104 Å². The molecule has 5 aromatic rings. The number of H-pyrrole nitrogens is 2. The summed E-state index contributed by atoms with van der Waals surface area (Å²) in [7, 11) is -4.86. The zero-order valence-electron chi connectivity index (χ0n) is 87.2. The van der Waals surface area contributed by atoms with Gasteiger partial charge in [0.05, 0.1) is 12.2 Å². The summed E-state index contributed by atoms with van der Waals surface area (Å²) >= 11 is 5.07. The van der Waals surface area contributed by atoms with Crippen molar-refractivity contribution in [2.75, 3.05) is 19.6 Å². The number of thioether (sulfide) groups is 3. The van der Waals surface area contributed by atoms with Crippen LogP contribution in [0.4, 0.5) is 4.79 Å². The van der Waals surface area contributed by atoms with Gasteiger partial charge < -0.3 is 91.8 Å². The first-order valence-electron chi connectivity index (χ1n) is 51.1. The number of hydrogen-bond acceptors (Lipinski definition) is 20. The number of ether oxygens (including phenoxy) is 3. The summed E-state index contributed by atoms with van der Waals surface area (Å²) in [5.74, 6) is -1.11. The minimum Gasteiger partial charge on any atom is -1.00 e. The number of nitrogens with zero attached hydrogens (tertiary/aromatic N) is 3. The number of amides is 6. The first kappa shape index (κ1) is 128. The molecule has 2 aliphatic heterocycles. The fourth-order valence-electron chi connectivity index (χ4n) is 19.8. The molecule has 9 rings (SSSR count). The van der Waals surface area contributed by atoms with E-state index < -0.39 is 98.9 Å². The summed E-state index contributed by atoms with van der Waals surface area (Å²) in [5, 5.41) is 32.1. The Bertz CT molecular complexity index is 4670. The number of aliphatic carboxylic acids is 1. The highest BCUT2D eigenvalue weighted by molar-refractivity contribution is 8.01. The van der Waals surface area contributed by atoms with Crippen LogP contribution < -0.4 is 81.0 Å². The van der Waals surface area contributed by atoms with Crippen LogP contribution in [0.25, 0.3) is 0 Å². The number of aliphatic hydroxyl groups excluding tert-OH is 1. The summed E-state index contributed by atoms with van der Waals surface area (Å²) in [4.78, 5) is 147. The van der Waals surface area contributed by atoms with Gasteiger partial charge in [0.2, 0.25) is 40.3 Å². The molecule has 8 N–H and O–H groups in total. The predicted molar refractivity (Wildman–Crippen MR) is 557 cm³/mol. The lowest BCUT2D eigenvalue weighted by Gasteiger charge is -2.45. The molecular formula is C105H169Cl3N9O18S3Si2-3. The first-order valence-corrected chi connectivity index (χ1v) is 57.8. The van der Waals surface area contributed by atoms with Gasteiger partial charge in [-0.25, -0.2) is 14.4 Å². The lowest BCUT2D eigenvalue weighted by atomic mass is 9.93. The van der Waals surface area contributed by atoms with Gasteiger partial charge in [-0.15, -0.1) is 35.3 Å². The van der Waals surface area contributed by atoms with E-state index in [9.17, 15) is 57.8 Å². The minimum atomic E-state index is -2.56. The number of aromatic amines is 2. The summed E-state index contributed by atoms with van der Waals surface area (Å²) < 4.78 is 34.6. The number of benzene rings is 3. The number of carbonyl (C=O) groups excluding carboxylic acids is 6. The highest BCUT2D eigenvalue weighted by Crippen LogP contribution is 2.50. The number of carboxylic acid groups (broad SMARTS) is 1. The van der Waals surface area contributed by atoms with Crippen molar-refractivity contribution in [1.82, 2.24) is 45.3 Å². The summed E-state index contributed by atoms with van der Waals surface area (Å²) in [6.45, 7) is 44.7. The van der Waals surface area contributed by atoms with Gasteiger partial charge in [0, 0.05) is 124 Å². The molecule has 2 saturated heterocycles. The second-order valence-electron chi connectivity index (χ2n) is 40.2. The van der Waals surface area contributed by atoms with Crippen LogP contribution in [-0.4, -0.2) is 175 Å². The molecule has 2 aromatic heterocycles. The predicted octanol–water partition coefficient (Wildman–Crippen LogP) is 12.4. The molecule has 0 bridgehead atoms. The highest BCUT2D eigenvalue weighted by Gasteiger charge is 2.57. The minimum absolute atomic E-state index is 0. The second kappa shape index (κ2) is 64.5. The number of aliphatic hydroxyl groups is 1. The maximum absolute atomic E-state index is 13.8. The van der Waals surface area contributed by atoms with Crippen molar-refractivity contribution in [1.29, 1.82) is 0 Å². The molecule has 140 heavy (non-hydrogen) atoms. The number of imide groups is 1. The molecular weight excluding hydrogens is 1930 g/mol. The Hall–Kier alpha value is -6.54. The van der Waals surface area contributed by atoms with Crippen LogP contribution in [0.3, 0.4) is 0 Å². The van der Waals surface area contributed by atoms with Crippen LogP contribution in [0.1, 0.15) is 344 Å². The third-order valence-electron chi connectivity index (χ3n) is 27.5. The average molecular weight is 2100 g/mol. The fourth-order valence-corrected chi connectivity index (χ4v) is 34.7. The first-order chi connectivity index (χ1) is 65.1. The molecule has 2 saturated carbocycles. The average Bonchev–Trinajstić information content (AvgIpc) is 1.63. The molecule has 4 aliphatic rings. The van der Waals surface area contributed by atoms with Gasteiger partial charge in [-0.05, 0) is 166 Å². The molecule has 11 atom stereocenters. The van der Waals surface area contributed by atoms with Crippen molar-refractivity contribution in [2.24, 2.45) is 0 Å². The summed E-state index contributed by atoms with van der Waals surface area (Å²) in [5.41, 5.74) is -0.448. The molecule has 5 unspecified atom stereocenters. The molecule has 0 radical (unpaired) electrons. The number of carboxylic acids is 1. The monoisotopic (exact) mass is 2100 g/mol. The van der Waals surface area contributed by atoms with E-state index >= 15 is 0 Å². The van der Waals surface area contributed by atoms with Gasteiger partial charge in [0.25, 0.3) is 11.1 Å². The van der Waals surface area contributed by atoms with E-state index in [2.05, 4.69) is 161 Å². The van der Waals surface area contributed by atoms with E-state index in [1.165, 1.54) is 46.5 Å². The van der Waals surface area contributed by atoms with E-state index in [4.69, 9.17) is 28.2 Å². The number of carbonyl (C=O) groups is 7. The standard InChI is InChI=1S/C37H59N3O7SSi.C31H49N3O3S.C19H34N2O5Si.C18H27NO3S.3ClH/c1-10-12-23-38-30(41)18-21-37(9,48-28-16-14-13-15-17-28)22-19-32(43)46-33-29(11-2)45-35(40-24-20-31(42)39-36(40)44)34(33)47-49(25(3)4,26(5)6)27(7)8;1-3-4-24-32-28(35)20-22-31(2,38-27-18-12-7-13-19-27)23-21-29(36)34(26-16-10-6-11-17-26)30(37)33-25-14-8-5-9-15-25;1-8-14-16(23)17(26-27(11(2)3,12(4)5)13(6)7)18(25-14)21-10-9-15(22)20-19(21)24;1-3-4-14-19-16(20)10-12-18(2,13-11-17(21)22)23-15-8-6-5-7-9-15;;;/h13-17,20,24-27,29,33-35H,10-12,18-19,21-23H2,1-9H3,(H,38,41)(H,39,42,44);7,12-13,18-19,25-26H,3-6,8-11,14-17,20-24H2,1-2H3,(H,32,35)(H,33,37);9-14,16-18,23H,8H2,1-7H3,(H,20,22,24);5-9H,3-4,10-14H2,1-2H3,(H,19,20)(H,21,22);3*1H/p-3/t29-,33?,34+,35-,37?;;14-,16?,17+,18-;;;;/m1.1..../s1. The number of hydrogen-bond donors (Lipinski definition) is 8. The third kappa shape index (κ3) is 40.4. The maximum atomic E-state index is 13.8. The molecule has 0 spiro atoms. The van der Waals surface area contributed by atoms with Crippen molar-refractivity contribution in [3.05, 3.63) is 157 Å². The molecule has 35 heteroatoms. The maximum Gasteiger partial charge on any atom is 0.330 e. The quantitative estimate of drug-likeness (QED) is 0.00776. The van der Waals surface area contributed by atoms with Crippen LogP contribution in [0.2, 0.25) is 33.2 Å². The van der Waals surface area contributed by atoms with Gasteiger partial charge in [-0.3, -0.25) is 62.4 Å². The lowest BCUT2D eigenvalue weighted by Crippen LogP contribution is -3.00. The highest BCUT2D eigenvalue weighted by atomic mass is 35.5. The molecule has 4 fully saturated rings.